The van der Waals surface area contributed by atoms with E-state index in [4.69, 9.17) is 4.74 Å². The number of ether oxygens (including phenoxy) is 1. The molecule has 0 amide bonds. The minimum absolute atomic E-state index is 0. The molecule has 0 bridgehead atoms. The smallest absolute Gasteiger partial charge is 0.373 e. The van der Waals surface area contributed by atoms with Gasteiger partial charge in [0.2, 0.25) is 0 Å². The summed E-state index contributed by atoms with van der Waals surface area (Å²) in [6, 6.07) is 11.0. The van der Waals surface area contributed by atoms with Crippen molar-refractivity contribution in [3.8, 4) is 0 Å². The van der Waals surface area contributed by atoms with E-state index in [1.54, 1.807) is 0 Å². The van der Waals surface area contributed by atoms with Gasteiger partial charge in [0.05, 0.1) is 23.8 Å². The van der Waals surface area contributed by atoms with E-state index < -0.39 is 23.5 Å². The average molecular weight is 440 g/mol. The SMILES string of the molecule is Cl.FC(F)(F)c1cc(CO[C@@H]2CCNC[C@@H]2c2ccccc2)cc(C(F)(F)F)c1. The summed E-state index contributed by atoms with van der Waals surface area (Å²) in [7, 11) is 0. The zero-order valence-corrected chi connectivity index (χ0v) is 16.0. The van der Waals surface area contributed by atoms with Gasteiger partial charge in [0.25, 0.3) is 0 Å². The maximum atomic E-state index is 13.0. The summed E-state index contributed by atoms with van der Waals surface area (Å²) in [6.07, 6.45) is -9.41. The molecule has 160 valence electrons. The zero-order chi connectivity index (χ0) is 20.4. The number of alkyl halides is 6. The molecular formula is C20H20ClF6NO. The van der Waals surface area contributed by atoms with Gasteiger partial charge in [-0.05, 0) is 42.3 Å². The Morgan fingerprint density at radius 2 is 1.48 bits per heavy atom. The van der Waals surface area contributed by atoms with E-state index in [9.17, 15) is 26.3 Å². The van der Waals surface area contributed by atoms with Gasteiger partial charge in [-0.2, -0.15) is 26.3 Å². The zero-order valence-electron chi connectivity index (χ0n) is 15.2. The van der Waals surface area contributed by atoms with E-state index in [1.165, 1.54) is 0 Å². The van der Waals surface area contributed by atoms with Crippen molar-refractivity contribution < 1.29 is 31.1 Å². The van der Waals surface area contributed by atoms with Crippen molar-refractivity contribution in [1.29, 1.82) is 0 Å². The summed E-state index contributed by atoms with van der Waals surface area (Å²) in [5.41, 5.74) is -1.79. The van der Waals surface area contributed by atoms with Gasteiger partial charge in [-0.15, -0.1) is 12.4 Å². The summed E-state index contributed by atoms with van der Waals surface area (Å²) in [5, 5.41) is 3.24. The Morgan fingerprint density at radius 1 is 0.897 bits per heavy atom. The summed E-state index contributed by atoms with van der Waals surface area (Å²) in [5.74, 6) is -0.0252. The van der Waals surface area contributed by atoms with Crippen LogP contribution in [0.25, 0.3) is 0 Å². The minimum Gasteiger partial charge on any atom is -0.373 e. The number of benzene rings is 2. The van der Waals surface area contributed by atoms with E-state index in [0.29, 0.717) is 31.6 Å². The maximum Gasteiger partial charge on any atom is 0.416 e. The molecule has 9 heteroatoms. The molecule has 1 N–H and O–H groups in total. The van der Waals surface area contributed by atoms with Crippen LogP contribution in [0.15, 0.2) is 48.5 Å². The van der Waals surface area contributed by atoms with Crippen molar-refractivity contribution in [2.75, 3.05) is 13.1 Å². The van der Waals surface area contributed by atoms with Crippen LogP contribution in [0.2, 0.25) is 0 Å². The van der Waals surface area contributed by atoms with E-state index >= 15 is 0 Å². The first-order valence-electron chi connectivity index (χ1n) is 8.80. The first-order valence-corrected chi connectivity index (χ1v) is 8.80. The van der Waals surface area contributed by atoms with E-state index in [2.05, 4.69) is 5.32 Å². The molecule has 1 saturated heterocycles. The molecule has 2 atom stereocenters. The molecule has 2 aromatic rings. The number of halogens is 7. The molecule has 29 heavy (non-hydrogen) atoms. The molecule has 3 rings (SSSR count). The second kappa shape index (κ2) is 9.36. The highest BCUT2D eigenvalue weighted by molar-refractivity contribution is 5.85. The quantitative estimate of drug-likeness (QED) is 0.607. The molecule has 1 fully saturated rings. The Labute approximate surface area is 170 Å². The molecule has 2 aromatic carbocycles. The Hall–Kier alpha value is -1.77. The molecule has 0 unspecified atom stereocenters. The molecule has 1 heterocycles. The maximum absolute atomic E-state index is 13.0. The lowest BCUT2D eigenvalue weighted by Crippen LogP contribution is -2.39. The number of rotatable bonds is 4. The molecule has 1 aliphatic heterocycles. The van der Waals surface area contributed by atoms with Crippen molar-refractivity contribution in [1.82, 2.24) is 5.32 Å². The molecule has 0 spiro atoms. The molecule has 0 saturated carbocycles. The highest BCUT2D eigenvalue weighted by atomic mass is 35.5. The summed E-state index contributed by atoms with van der Waals surface area (Å²) >= 11 is 0. The highest BCUT2D eigenvalue weighted by Gasteiger charge is 2.37. The van der Waals surface area contributed by atoms with Crippen molar-refractivity contribution >= 4 is 12.4 Å². The topological polar surface area (TPSA) is 21.3 Å². The summed E-state index contributed by atoms with van der Waals surface area (Å²) < 4.78 is 83.8. The van der Waals surface area contributed by atoms with Crippen LogP contribution in [-0.4, -0.2) is 19.2 Å². The molecule has 0 aliphatic carbocycles. The molecular weight excluding hydrogens is 420 g/mol. The van der Waals surface area contributed by atoms with Crippen LogP contribution >= 0.6 is 12.4 Å². The van der Waals surface area contributed by atoms with Gasteiger partial charge >= 0.3 is 12.4 Å². The monoisotopic (exact) mass is 439 g/mol. The van der Waals surface area contributed by atoms with E-state index in [-0.39, 0.29) is 42.7 Å². The van der Waals surface area contributed by atoms with E-state index in [0.717, 1.165) is 5.56 Å². The Kier molecular flexibility index (Phi) is 7.59. The van der Waals surface area contributed by atoms with Gasteiger partial charge in [0, 0.05) is 12.5 Å². The third-order valence-electron chi connectivity index (χ3n) is 4.76. The fraction of sp³-hybridized carbons (Fsp3) is 0.400. The largest absolute Gasteiger partial charge is 0.416 e. The predicted molar refractivity (Wildman–Crippen MR) is 98.9 cm³/mol. The van der Waals surface area contributed by atoms with Gasteiger partial charge in [-0.3, -0.25) is 0 Å². The first kappa shape index (κ1) is 23.5. The Bertz CT molecular complexity index is 762. The average Bonchev–Trinajstić information content (AvgIpc) is 2.66. The predicted octanol–water partition coefficient (Wildman–Crippen LogP) is 5.81. The standard InChI is InChI=1S/C20H19F6NO.ClH/c21-19(22,23)15-8-13(9-16(10-15)20(24,25)26)12-28-18-6-7-27-11-17(18)14-4-2-1-3-5-14;/h1-5,8-10,17-18,27H,6-7,11-12H2;1H/t17-,18-;/m1./s1. The van der Waals surface area contributed by atoms with Crippen LogP contribution in [0.1, 0.15) is 34.6 Å². The van der Waals surface area contributed by atoms with Crippen molar-refractivity contribution in [2.24, 2.45) is 0 Å². The number of piperidine rings is 1. The molecule has 0 radical (unpaired) electrons. The summed E-state index contributed by atoms with van der Waals surface area (Å²) in [4.78, 5) is 0. The second-order valence-electron chi connectivity index (χ2n) is 6.77. The van der Waals surface area contributed by atoms with Crippen LogP contribution in [0.5, 0.6) is 0 Å². The summed E-state index contributed by atoms with van der Waals surface area (Å²) in [6.45, 7) is 0.983. The third-order valence-corrected chi connectivity index (χ3v) is 4.76. The van der Waals surface area contributed by atoms with Gasteiger partial charge in [-0.25, -0.2) is 0 Å². The van der Waals surface area contributed by atoms with Crippen molar-refractivity contribution in [3.05, 3.63) is 70.8 Å². The van der Waals surface area contributed by atoms with Crippen molar-refractivity contribution in [3.63, 3.8) is 0 Å². The molecule has 0 aromatic heterocycles. The highest BCUT2D eigenvalue weighted by Crippen LogP contribution is 2.37. The van der Waals surface area contributed by atoms with Gasteiger partial charge in [0.15, 0.2) is 0 Å². The van der Waals surface area contributed by atoms with Gasteiger partial charge < -0.3 is 10.1 Å². The number of nitrogens with one attached hydrogen (secondary N) is 1. The minimum atomic E-state index is -4.86. The second-order valence-corrected chi connectivity index (χ2v) is 6.77. The number of hydrogen-bond donors (Lipinski definition) is 1. The Morgan fingerprint density at radius 3 is 2.03 bits per heavy atom. The van der Waals surface area contributed by atoms with Crippen LogP contribution in [0.3, 0.4) is 0 Å². The lowest BCUT2D eigenvalue weighted by atomic mass is 9.89. The van der Waals surface area contributed by atoms with E-state index in [1.807, 2.05) is 30.3 Å². The van der Waals surface area contributed by atoms with Crippen LogP contribution in [0.4, 0.5) is 26.3 Å². The van der Waals surface area contributed by atoms with Gasteiger partial charge in [0.1, 0.15) is 0 Å². The lowest BCUT2D eigenvalue weighted by Gasteiger charge is -2.32. The van der Waals surface area contributed by atoms with Crippen molar-refractivity contribution in [2.45, 2.75) is 37.4 Å². The van der Waals surface area contributed by atoms with Gasteiger partial charge in [-0.1, -0.05) is 30.3 Å². The third kappa shape index (κ3) is 6.10. The molecule has 2 nitrogen and oxygen atoms in total. The fourth-order valence-corrected chi connectivity index (χ4v) is 3.37. The molecule has 1 aliphatic rings. The normalized spacial score (nSPS) is 20.2. The lowest BCUT2D eigenvalue weighted by molar-refractivity contribution is -0.143. The fourth-order valence-electron chi connectivity index (χ4n) is 3.37. The first-order chi connectivity index (χ1) is 13.1. The van der Waals surface area contributed by atoms with Crippen LogP contribution in [0, 0.1) is 0 Å². The number of hydrogen-bond acceptors (Lipinski definition) is 2. The van der Waals surface area contributed by atoms with Crippen LogP contribution in [-0.2, 0) is 23.7 Å². The Balaban J connectivity index is 0.00000300. The van der Waals surface area contributed by atoms with Crippen LogP contribution < -0.4 is 5.32 Å².